The van der Waals surface area contributed by atoms with Crippen molar-refractivity contribution in [3.05, 3.63) is 33.9 Å². The topological polar surface area (TPSA) is 93.0 Å². The largest absolute Gasteiger partial charge is 0.490 e. The van der Waals surface area contributed by atoms with Gasteiger partial charge in [-0.3, -0.25) is 19.7 Å². The number of ether oxygens (including phenoxy) is 1. The summed E-state index contributed by atoms with van der Waals surface area (Å²) >= 11 is 0. The van der Waals surface area contributed by atoms with Gasteiger partial charge in [-0.1, -0.05) is 0 Å². The van der Waals surface area contributed by atoms with Gasteiger partial charge in [-0.15, -0.1) is 0 Å². The zero-order chi connectivity index (χ0) is 17.0. The first kappa shape index (κ1) is 16.7. The quantitative estimate of drug-likeness (QED) is 0.618. The van der Waals surface area contributed by atoms with Crippen molar-refractivity contribution in [2.45, 2.75) is 13.3 Å². The van der Waals surface area contributed by atoms with Gasteiger partial charge >= 0.3 is 5.69 Å². The van der Waals surface area contributed by atoms with E-state index in [2.05, 4.69) is 0 Å². The third-order valence-electron chi connectivity index (χ3n) is 3.85. The van der Waals surface area contributed by atoms with Crippen LogP contribution >= 0.6 is 0 Å². The smallest absolute Gasteiger partial charge is 0.311 e. The van der Waals surface area contributed by atoms with E-state index < -0.39 is 4.92 Å². The fourth-order valence-electron chi connectivity index (χ4n) is 2.58. The number of amides is 2. The predicted octanol–water partition coefficient (Wildman–Crippen LogP) is 1.30. The Morgan fingerprint density at radius 1 is 1.17 bits per heavy atom. The van der Waals surface area contributed by atoms with Crippen molar-refractivity contribution < 1.29 is 19.2 Å². The molecular weight excluding hydrogens is 302 g/mol. The maximum atomic E-state index is 12.6. The Labute approximate surface area is 133 Å². The van der Waals surface area contributed by atoms with Crippen molar-refractivity contribution in [1.82, 2.24) is 9.80 Å². The number of nitro groups is 1. The summed E-state index contributed by atoms with van der Waals surface area (Å²) in [6.45, 7) is 3.52. The monoisotopic (exact) mass is 321 g/mol. The van der Waals surface area contributed by atoms with Crippen molar-refractivity contribution in [3.63, 3.8) is 0 Å². The minimum Gasteiger partial charge on any atom is -0.490 e. The standard InChI is InChI=1S/C15H19N3O5/c1-11(19)16-6-3-7-17(9-8-16)15(20)12-4-5-14(23-2)13(10-12)18(21)22/h4-5,10H,3,6-9H2,1-2H3. The predicted molar refractivity (Wildman–Crippen MR) is 82.4 cm³/mol. The van der Waals surface area contributed by atoms with Crippen LogP contribution in [0.2, 0.25) is 0 Å². The maximum Gasteiger partial charge on any atom is 0.311 e. The summed E-state index contributed by atoms with van der Waals surface area (Å²) in [5.74, 6) is -0.175. The van der Waals surface area contributed by atoms with Crippen LogP contribution in [-0.4, -0.2) is 59.8 Å². The highest BCUT2D eigenvalue weighted by Gasteiger charge is 2.24. The second-order valence-corrected chi connectivity index (χ2v) is 5.30. The number of hydrogen-bond acceptors (Lipinski definition) is 5. The van der Waals surface area contributed by atoms with Crippen molar-refractivity contribution in [2.75, 3.05) is 33.3 Å². The molecule has 1 heterocycles. The highest BCUT2D eigenvalue weighted by molar-refractivity contribution is 5.95. The van der Waals surface area contributed by atoms with Crippen LogP contribution in [-0.2, 0) is 4.79 Å². The molecule has 8 heteroatoms. The molecule has 124 valence electrons. The summed E-state index contributed by atoms with van der Waals surface area (Å²) in [4.78, 5) is 37.8. The molecule has 1 aromatic rings. The molecule has 8 nitrogen and oxygen atoms in total. The summed E-state index contributed by atoms with van der Waals surface area (Å²) in [6, 6.07) is 4.17. The van der Waals surface area contributed by atoms with Crippen LogP contribution in [0.4, 0.5) is 5.69 Å². The molecule has 0 atom stereocenters. The molecule has 0 aromatic heterocycles. The van der Waals surface area contributed by atoms with E-state index in [1.54, 1.807) is 9.80 Å². The average Bonchev–Trinajstić information content (AvgIpc) is 2.79. The highest BCUT2D eigenvalue weighted by atomic mass is 16.6. The fraction of sp³-hybridized carbons (Fsp3) is 0.467. The van der Waals surface area contributed by atoms with Gasteiger partial charge in [0.05, 0.1) is 12.0 Å². The van der Waals surface area contributed by atoms with Gasteiger partial charge in [-0.05, 0) is 18.6 Å². The van der Waals surface area contributed by atoms with Crippen molar-refractivity contribution in [2.24, 2.45) is 0 Å². The van der Waals surface area contributed by atoms with Gasteiger partial charge in [0.15, 0.2) is 5.75 Å². The minimum absolute atomic E-state index is 0.0145. The maximum absolute atomic E-state index is 12.6. The Bertz CT molecular complexity index is 632. The van der Waals surface area contributed by atoms with Crippen LogP contribution in [0.25, 0.3) is 0 Å². The van der Waals surface area contributed by atoms with E-state index in [1.165, 1.54) is 32.2 Å². The molecule has 0 radical (unpaired) electrons. The molecule has 1 aliphatic rings. The lowest BCUT2D eigenvalue weighted by atomic mass is 10.1. The molecule has 0 unspecified atom stereocenters. The van der Waals surface area contributed by atoms with E-state index >= 15 is 0 Å². The number of rotatable bonds is 3. The molecule has 1 aliphatic heterocycles. The molecular formula is C15H19N3O5. The number of hydrogen-bond donors (Lipinski definition) is 0. The fourth-order valence-corrected chi connectivity index (χ4v) is 2.58. The number of benzene rings is 1. The van der Waals surface area contributed by atoms with E-state index in [0.29, 0.717) is 32.6 Å². The molecule has 1 saturated heterocycles. The molecule has 0 spiro atoms. The van der Waals surface area contributed by atoms with E-state index in [-0.39, 0.29) is 28.8 Å². The third kappa shape index (κ3) is 3.77. The van der Waals surface area contributed by atoms with Crippen molar-refractivity contribution >= 4 is 17.5 Å². The summed E-state index contributed by atoms with van der Waals surface area (Å²) in [7, 11) is 1.34. The molecule has 0 aliphatic carbocycles. The van der Waals surface area contributed by atoms with Crippen LogP contribution in [0.5, 0.6) is 5.75 Å². The molecule has 1 fully saturated rings. The van der Waals surface area contributed by atoms with Crippen LogP contribution < -0.4 is 4.74 Å². The molecule has 0 saturated carbocycles. The Morgan fingerprint density at radius 3 is 2.43 bits per heavy atom. The van der Waals surface area contributed by atoms with Crippen LogP contribution in [0.15, 0.2) is 18.2 Å². The van der Waals surface area contributed by atoms with Gasteiger partial charge < -0.3 is 14.5 Å². The van der Waals surface area contributed by atoms with E-state index in [4.69, 9.17) is 4.74 Å². The van der Waals surface area contributed by atoms with Gasteiger partial charge in [-0.2, -0.15) is 0 Å². The Kier molecular flexibility index (Phi) is 5.15. The molecule has 0 bridgehead atoms. The SMILES string of the molecule is COc1ccc(C(=O)N2CCCN(C(C)=O)CC2)cc1[N+](=O)[O-]. The van der Waals surface area contributed by atoms with Gasteiger partial charge in [0.25, 0.3) is 5.91 Å². The zero-order valence-electron chi connectivity index (χ0n) is 13.2. The second-order valence-electron chi connectivity index (χ2n) is 5.30. The van der Waals surface area contributed by atoms with Gasteiger partial charge in [-0.25, -0.2) is 0 Å². The van der Waals surface area contributed by atoms with E-state index in [0.717, 1.165) is 0 Å². The van der Waals surface area contributed by atoms with E-state index in [9.17, 15) is 19.7 Å². The first-order valence-electron chi connectivity index (χ1n) is 7.31. The first-order valence-corrected chi connectivity index (χ1v) is 7.31. The number of nitro benzene ring substituents is 1. The second kappa shape index (κ2) is 7.08. The van der Waals surface area contributed by atoms with Crippen molar-refractivity contribution in [1.29, 1.82) is 0 Å². The van der Waals surface area contributed by atoms with Gasteiger partial charge in [0, 0.05) is 44.7 Å². The Balaban J connectivity index is 2.18. The Hall–Kier alpha value is -2.64. The number of carbonyl (C=O) groups is 2. The molecule has 2 rings (SSSR count). The van der Waals surface area contributed by atoms with E-state index in [1.807, 2.05) is 0 Å². The van der Waals surface area contributed by atoms with Crippen LogP contribution in [0, 0.1) is 10.1 Å². The number of carbonyl (C=O) groups excluding carboxylic acids is 2. The summed E-state index contributed by atoms with van der Waals surface area (Å²) in [5, 5.41) is 11.1. The number of methoxy groups -OCH3 is 1. The molecule has 23 heavy (non-hydrogen) atoms. The van der Waals surface area contributed by atoms with Gasteiger partial charge in [0.1, 0.15) is 0 Å². The van der Waals surface area contributed by atoms with Crippen LogP contribution in [0.3, 0.4) is 0 Å². The highest BCUT2D eigenvalue weighted by Crippen LogP contribution is 2.28. The molecule has 1 aromatic carbocycles. The molecule has 2 amide bonds. The summed E-state index contributed by atoms with van der Waals surface area (Å²) in [6.07, 6.45) is 0.684. The normalized spacial score (nSPS) is 15.0. The lowest BCUT2D eigenvalue weighted by Gasteiger charge is -2.21. The van der Waals surface area contributed by atoms with Crippen LogP contribution in [0.1, 0.15) is 23.7 Å². The number of nitrogens with zero attached hydrogens (tertiary/aromatic N) is 3. The summed E-state index contributed by atoms with van der Waals surface area (Å²) in [5.41, 5.74) is 0.00677. The minimum atomic E-state index is -0.574. The summed E-state index contributed by atoms with van der Waals surface area (Å²) < 4.78 is 4.94. The average molecular weight is 321 g/mol. The van der Waals surface area contributed by atoms with Gasteiger partial charge in [0.2, 0.25) is 5.91 Å². The Morgan fingerprint density at radius 2 is 1.83 bits per heavy atom. The molecule has 0 N–H and O–H groups in total. The lowest BCUT2D eigenvalue weighted by Crippen LogP contribution is -2.36. The van der Waals surface area contributed by atoms with Crippen molar-refractivity contribution in [3.8, 4) is 5.75 Å². The first-order chi connectivity index (χ1) is 10.9. The third-order valence-corrected chi connectivity index (χ3v) is 3.85. The lowest BCUT2D eigenvalue weighted by molar-refractivity contribution is -0.385. The zero-order valence-corrected chi connectivity index (χ0v) is 13.2.